The zero-order valence-corrected chi connectivity index (χ0v) is 17.7. The van der Waals surface area contributed by atoms with Crippen LogP contribution < -0.4 is 15.0 Å². The molecule has 1 saturated heterocycles. The van der Waals surface area contributed by atoms with Crippen LogP contribution in [-0.2, 0) is 19.6 Å². The van der Waals surface area contributed by atoms with E-state index in [0.717, 1.165) is 12.8 Å². The van der Waals surface area contributed by atoms with Gasteiger partial charge in [0.1, 0.15) is 18.1 Å². The summed E-state index contributed by atoms with van der Waals surface area (Å²) in [5.41, 5.74) is 0.920. The molecule has 0 spiro atoms. The van der Waals surface area contributed by atoms with Gasteiger partial charge < -0.3 is 10.1 Å². The highest BCUT2D eigenvalue weighted by molar-refractivity contribution is 7.89. The second kappa shape index (κ2) is 8.27. The van der Waals surface area contributed by atoms with E-state index in [1.165, 1.54) is 39.5 Å². The molecule has 0 unspecified atom stereocenters. The van der Waals surface area contributed by atoms with Gasteiger partial charge in [0.25, 0.3) is 5.91 Å². The number of rotatable bonds is 5. The van der Waals surface area contributed by atoms with E-state index in [0.29, 0.717) is 24.4 Å². The smallest absolute Gasteiger partial charge is 0.265 e. The van der Waals surface area contributed by atoms with Crippen molar-refractivity contribution in [1.29, 1.82) is 0 Å². The van der Waals surface area contributed by atoms with E-state index in [9.17, 15) is 22.4 Å². The van der Waals surface area contributed by atoms with Crippen LogP contribution in [0.4, 0.5) is 15.8 Å². The number of nitrogens with one attached hydrogen (secondary N) is 1. The van der Waals surface area contributed by atoms with Crippen molar-refractivity contribution in [3.05, 3.63) is 47.8 Å². The molecule has 0 atom stereocenters. The van der Waals surface area contributed by atoms with Crippen molar-refractivity contribution < 1.29 is 27.1 Å². The van der Waals surface area contributed by atoms with Crippen molar-refractivity contribution in [2.45, 2.75) is 24.7 Å². The highest BCUT2D eigenvalue weighted by Crippen LogP contribution is 2.35. The van der Waals surface area contributed by atoms with Gasteiger partial charge in [0.2, 0.25) is 15.9 Å². The second-order valence-corrected chi connectivity index (χ2v) is 9.46. The predicted octanol–water partition coefficient (Wildman–Crippen LogP) is 2.28. The quantitative estimate of drug-likeness (QED) is 0.759. The average molecular weight is 447 g/mol. The van der Waals surface area contributed by atoms with E-state index in [2.05, 4.69) is 5.32 Å². The Balaban J connectivity index is 1.58. The number of halogens is 1. The molecule has 0 aromatic heterocycles. The number of fused-ring (bicyclic) bond motifs is 1. The van der Waals surface area contributed by atoms with E-state index >= 15 is 0 Å². The van der Waals surface area contributed by atoms with Crippen LogP contribution in [0.1, 0.15) is 18.4 Å². The van der Waals surface area contributed by atoms with Crippen LogP contribution in [0, 0.1) is 12.7 Å². The number of ether oxygens (including phenoxy) is 1. The Morgan fingerprint density at radius 3 is 2.61 bits per heavy atom. The van der Waals surface area contributed by atoms with Crippen LogP contribution in [0.5, 0.6) is 5.75 Å². The number of amides is 2. The van der Waals surface area contributed by atoms with Crippen LogP contribution in [-0.4, -0.2) is 50.8 Å². The van der Waals surface area contributed by atoms with E-state index < -0.39 is 27.7 Å². The Morgan fingerprint density at radius 2 is 1.90 bits per heavy atom. The number of carbonyl (C=O) groups excluding carboxylic acids is 2. The molecule has 1 N–H and O–H groups in total. The molecule has 2 aromatic rings. The van der Waals surface area contributed by atoms with Gasteiger partial charge in [-0.05, 0) is 55.7 Å². The lowest BCUT2D eigenvalue weighted by Gasteiger charge is -2.29. The summed E-state index contributed by atoms with van der Waals surface area (Å²) in [6, 6.07) is 8.59. The first-order valence-corrected chi connectivity index (χ1v) is 11.3. The summed E-state index contributed by atoms with van der Waals surface area (Å²) >= 11 is 0. The van der Waals surface area contributed by atoms with Gasteiger partial charge in [-0.1, -0.05) is 6.07 Å². The number of carbonyl (C=O) groups is 2. The lowest BCUT2D eigenvalue weighted by atomic mass is 10.2. The Kier molecular flexibility index (Phi) is 5.67. The first-order chi connectivity index (χ1) is 14.8. The van der Waals surface area contributed by atoms with E-state index in [1.807, 2.05) is 0 Å². The summed E-state index contributed by atoms with van der Waals surface area (Å²) in [5.74, 6) is -1.16. The maximum atomic E-state index is 13.7. The van der Waals surface area contributed by atoms with Gasteiger partial charge in [0.05, 0.1) is 10.6 Å². The molecule has 2 aliphatic rings. The molecule has 1 fully saturated rings. The van der Waals surface area contributed by atoms with Gasteiger partial charge in [-0.2, -0.15) is 4.31 Å². The van der Waals surface area contributed by atoms with E-state index in [-0.39, 0.29) is 29.4 Å². The topological polar surface area (TPSA) is 96.0 Å². The lowest BCUT2D eigenvalue weighted by Crippen LogP contribution is -2.43. The maximum absolute atomic E-state index is 13.7. The molecule has 0 bridgehead atoms. The highest BCUT2D eigenvalue weighted by atomic mass is 32.2. The molecule has 31 heavy (non-hydrogen) atoms. The fraction of sp³-hybridized carbons (Fsp3) is 0.333. The summed E-state index contributed by atoms with van der Waals surface area (Å²) in [6.07, 6.45) is 1.61. The molecular formula is C21H22FN3O5S. The van der Waals surface area contributed by atoms with Crippen LogP contribution in [0.25, 0.3) is 0 Å². The molecule has 4 rings (SSSR count). The Labute approximate surface area is 179 Å². The molecule has 0 saturated carbocycles. The molecule has 10 heteroatoms. The zero-order chi connectivity index (χ0) is 22.2. The number of benzene rings is 2. The van der Waals surface area contributed by atoms with E-state index in [1.54, 1.807) is 13.0 Å². The fourth-order valence-corrected chi connectivity index (χ4v) is 5.15. The molecule has 2 aliphatic heterocycles. The first kappa shape index (κ1) is 21.3. The summed E-state index contributed by atoms with van der Waals surface area (Å²) in [7, 11) is -3.70. The summed E-state index contributed by atoms with van der Waals surface area (Å²) in [5, 5.41) is 2.56. The third-order valence-corrected chi connectivity index (χ3v) is 7.23. The van der Waals surface area contributed by atoms with Crippen molar-refractivity contribution in [2.24, 2.45) is 0 Å². The van der Waals surface area contributed by atoms with Crippen molar-refractivity contribution in [1.82, 2.24) is 4.31 Å². The van der Waals surface area contributed by atoms with Crippen molar-refractivity contribution in [3.63, 3.8) is 0 Å². The van der Waals surface area contributed by atoms with Gasteiger partial charge >= 0.3 is 0 Å². The van der Waals surface area contributed by atoms with Crippen LogP contribution >= 0.6 is 0 Å². The molecule has 2 heterocycles. The van der Waals surface area contributed by atoms with Gasteiger partial charge in [-0.25, -0.2) is 12.8 Å². The van der Waals surface area contributed by atoms with Gasteiger partial charge in [-0.3, -0.25) is 14.5 Å². The molecular weight excluding hydrogens is 425 g/mol. The molecule has 164 valence electrons. The van der Waals surface area contributed by atoms with E-state index in [4.69, 9.17) is 4.74 Å². The van der Waals surface area contributed by atoms with Gasteiger partial charge in [0, 0.05) is 18.8 Å². The van der Waals surface area contributed by atoms with Gasteiger partial charge in [-0.15, -0.1) is 0 Å². The van der Waals surface area contributed by atoms with Crippen molar-refractivity contribution in [2.75, 3.05) is 36.5 Å². The summed E-state index contributed by atoms with van der Waals surface area (Å²) < 4.78 is 46.3. The number of hydrogen-bond donors (Lipinski definition) is 1. The molecule has 2 amide bonds. The Hall–Kier alpha value is -2.98. The highest BCUT2D eigenvalue weighted by Gasteiger charge is 2.32. The average Bonchev–Trinajstić information content (AvgIpc) is 3.28. The van der Waals surface area contributed by atoms with Crippen LogP contribution in [0.3, 0.4) is 0 Å². The van der Waals surface area contributed by atoms with Crippen molar-refractivity contribution in [3.8, 4) is 5.75 Å². The Morgan fingerprint density at radius 1 is 1.16 bits per heavy atom. The standard InChI is InChI=1S/C21H22FN3O5S/c1-14-4-5-15(10-17(14)22)23-20(26)12-25-18-11-16(6-7-19(18)30-13-21(25)27)31(28,29)24-8-2-3-9-24/h4-7,10-11H,2-3,8-9,12-13H2,1H3,(H,23,26). The zero-order valence-electron chi connectivity index (χ0n) is 16.9. The SMILES string of the molecule is Cc1ccc(NC(=O)CN2C(=O)COc3ccc(S(=O)(=O)N4CCCC4)cc32)cc1F. The predicted molar refractivity (Wildman–Crippen MR) is 112 cm³/mol. The van der Waals surface area contributed by atoms with Crippen LogP contribution in [0.2, 0.25) is 0 Å². The second-order valence-electron chi connectivity index (χ2n) is 7.52. The minimum Gasteiger partial charge on any atom is -0.482 e. The third kappa shape index (κ3) is 4.26. The number of sulfonamides is 1. The number of anilines is 2. The number of hydrogen-bond acceptors (Lipinski definition) is 5. The summed E-state index contributed by atoms with van der Waals surface area (Å²) in [4.78, 5) is 26.2. The number of aryl methyl sites for hydroxylation is 1. The third-order valence-electron chi connectivity index (χ3n) is 5.33. The largest absolute Gasteiger partial charge is 0.482 e. The van der Waals surface area contributed by atoms with Gasteiger partial charge in [0.15, 0.2) is 6.61 Å². The number of nitrogens with zero attached hydrogens (tertiary/aromatic N) is 2. The van der Waals surface area contributed by atoms with Crippen LogP contribution in [0.15, 0.2) is 41.3 Å². The monoisotopic (exact) mass is 447 g/mol. The molecule has 0 radical (unpaired) electrons. The Bertz CT molecular complexity index is 1150. The molecule has 8 nitrogen and oxygen atoms in total. The lowest BCUT2D eigenvalue weighted by molar-refractivity contribution is -0.123. The molecule has 0 aliphatic carbocycles. The van der Waals surface area contributed by atoms with Crippen molar-refractivity contribution >= 4 is 33.2 Å². The first-order valence-electron chi connectivity index (χ1n) is 9.89. The normalized spacial score (nSPS) is 16.7. The fourth-order valence-electron chi connectivity index (χ4n) is 3.61. The minimum absolute atomic E-state index is 0.0393. The minimum atomic E-state index is -3.70. The maximum Gasteiger partial charge on any atom is 0.265 e. The summed E-state index contributed by atoms with van der Waals surface area (Å²) in [6.45, 7) is 1.88. The molecule has 2 aromatic carbocycles.